The van der Waals surface area contributed by atoms with Gasteiger partial charge in [0.05, 0.1) is 33.2 Å². The first kappa shape index (κ1) is 22.6. The molecule has 0 atom stereocenters. The van der Waals surface area contributed by atoms with E-state index in [1.807, 2.05) is 0 Å². The van der Waals surface area contributed by atoms with Gasteiger partial charge in [0.15, 0.2) is 0 Å². The lowest BCUT2D eigenvalue weighted by Crippen LogP contribution is -2.37. The van der Waals surface area contributed by atoms with Crippen molar-refractivity contribution in [2.45, 2.75) is 6.18 Å². The van der Waals surface area contributed by atoms with Crippen LogP contribution in [0.4, 0.5) is 24.5 Å². The summed E-state index contributed by atoms with van der Waals surface area (Å²) in [4.78, 5) is 12.3. The SMILES string of the molecule is CS(=O)(=O)N(CC(=O)Nc1cc(Cl)ccc1Cl)c1ccc(Cl)c(C(F)(F)F)c1. The third-order valence-electron chi connectivity index (χ3n) is 3.43. The summed E-state index contributed by atoms with van der Waals surface area (Å²) in [5, 5.41) is 2.19. The minimum atomic E-state index is -4.80. The van der Waals surface area contributed by atoms with Gasteiger partial charge in [0.2, 0.25) is 15.9 Å². The largest absolute Gasteiger partial charge is 0.417 e. The number of carbonyl (C=O) groups excluding carboxylic acids is 1. The van der Waals surface area contributed by atoms with E-state index in [1.54, 1.807) is 0 Å². The number of nitrogens with zero attached hydrogens (tertiary/aromatic N) is 1. The Bertz CT molecular complexity index is 1010. The van der Waals surface area contributed by atoms with Crippen molar-refractivity contribution in [2.24, 2.45) is 0 Å². The number of nitrogens with one attached hydrogen (secondary N) is 1. The van der Waals surface area contributed by atoms with Gasteiger partial charge in [-0.1, -0.05) is 34.8 Å². The van der Waals surface area contributed by atoms with E-state index in [2.05, 4.69) is 5.32 Å². The fraction of sp³-hybridized carbons (Fsp3) is 0.188. The number of alkyl halides is 3. The van der Waals surface area contributed by atoms with Crippen LogP contribution in [0, 0.1) is 0 Å². The summed E-state index contributed by atoms with van der Waals surface area (Å²) in [5.74, 6) is -0.835. The summed E-state index contributed by atoms with van der Waals surface area (Å²) in [6.07, 6.45) is -4.04. The number of benzene rings is 2. The van der Waals surface area contributed by atoms with Crippen LogP contribution >= 0.6 is 34.8 Å². The van der Waals surface area contributed by atoms with Crippen molar-refractivity contribution < 1.29 is 26.4 Å². The van der Waals surface area contributed by atoms with Gasteiger partial charge in [-0.15, -0.1) is 0 Å². The van der Waals surface area contributed by atoms with Crippen LogP contribution in [0.1, 0.15) is 5.56 Å². The second-order valence-electron chi connectivity index (χ2n) is 5.60. The van der Waals surface area contributed by atoms with E-state index in [1.165, 1.54) is 18.2 Å². The van der Waals surface area contributed by atoms with Gasteiger partial charge in [0.25, 0.3) is 0 Å². The van der Waals surface area contributed by atoms with Gasteiger partial charge in [-0.25, -0.2) is 8.42 Å². The Balaban J connectivity index is 2.36. The molecule has 1 N–H and O–H groups in total. The minimum absolute atomic E-state index is 0.125. The smallest absolute Gasteiger partial charge is 0.323 e. The monoisotopic (exact) mass is 474 g/mol. The Hall–Kier alpha value is -1.68. The van der Waals surface area contributed by atoms with Gasteiger partial charge in [0, 0.05) is 5.02 Å². The lowest BCUT2D eigenvalue weighted by molar-refractivity contribution is -0.137. The van der Waals surface area contributed by atoms with E-state index in [-0.39, 0.29) is 21.4 Å². The minimum Gasteiger partial charge on any atom is -0.323 e. The van der Waals surface area contributed by atoms with Crippen LogP contribution < -0.4 is 9.62 Å². The van der Waals surface area contributed by atoms with Crippen LogP contribution in [0.5, 0.6) is 0 Å². The summed E-state index contributed by atoms with van der Waals surface area (Å²) in [5.41, 5.74) is -1.47. The average Bonchev–Trinajstić information content (AvgIpc) is 2.55. The zero-order valence-corrected chi connectivity index (χ0v) is 17.1. The average molecular weight is 476 g/mol. The number of hydrogen-bond donors (Lipinski definition) is 1. The second kappa shape index (κ2) is 8.36. The molecule has 1 amide bonds. The van der Waals surface area contributed by atoms with E-state index in [0.717, 1.165) is 18.4 Å². The fourth-order valence-electron chi connectivity index (χ4n) is 2.20. The zero-order chi connectivity index (χ0) is 21.3. The van der Waals surface area contributed by atoms with Crippen LogP contribution in [0.2, 0.25) is 15.1 Å². The molecule has 152 valence electrons. The molecule has 5 nitrogen and oxygen atoms in total. The van der Waals surface area contributed by atoms with Crippen molar-refractivity contribution in [3.63, 3.8) is 0 Å². The Kier molecular flexibility index (Phi) is 6.75. The topological polar surface area (TPSA) is 66.5 Å². The molecular formula is C16H12Cl3F3N2O3S. The molecule has 0 unspecified atom stereocenters. The maximum Gasteiger partial charge on any atom is 0.417 e. The first-order valence-corrected chi connectivity index (χ1v) is 10.4. The van der Waals surface area contributed by atoms with Crippen LogP contribution in [-0.4, -0.2) is 27.1 Å². The number of anilines is 2. The Morgan fingerprint density at radius 1 is 1.07 bits per heavy atom. The molecule has 28 heavy (non-hydrogen) atoms. The zero-order valence-electron chi connectivity index (χ0n) is 14.0. The second-order valence-corrected chi connectivity index (χ2v) is 8.76. The molecular weight excluding hydrogens is 464 g/mol. The lowest BCUT2D eigenvalue weighted by atomic mass is 10.2. The van der Waals surface area contributed by atoms with Gasteiger partial charge in [0.1, 0.15) is 6.54 Å². The number of hydrogen-bond acceptors (Lipinski definition) is 3. The normalized spacial score (nSPS) is 12.0. The van der Waals surface area contributed by atoms with E-state index in [4.69, 9.17) is 34.8 Å². The lowest BCUT2D eigenvalue weighted by Gasteiger charge is -2.23. The first-order valence-electron chi connectivity index (χ1n) is 7.38. The van der Waals surface area contributed by atoms with Crippen LogP contribution in [0.3, 0.4) is 0 Å². The highest BCUT2D eigenvalue weighted by Gasteiger charge is 2.34. The maximum atomic E-state index is 13.1. The van der Waals surface area contributed by atoms with Crippen molar-refractivity contribution in [3.05, 3.63) is 57.0 Å². The summed E-state index contributed by atoms with van der Waals surface area (Å²) in [7, 11) is -4.10. The van der Waals surface area contributed by atoms with Gasteiger partial charge in [-0.05, 0) is 36.4 Å². The quantitative estimate of drug-likeness (QED) is 0.656. The summed E-state index contributed by atoms with van der Waals surface area (Å²) in [6, 6.07) is 6.78. The molecule has 0 aliphatic rings. The molecule has 2 rings (SSSR count). The van der Waals surface area contributed by atoms with Crippen molar-refractivity contribution in [3.8, 4) is 0 Å². The Labute approximate surface area is 174 Å². The summed E-state index contributed by atoms with van der Waals surface area (Å²) in [6.45, 7) is -0.791. The van der Waals surface area contributed by atoms with Crippen molar-refractivity contribution in [1.29, 1.82) is 0 Å². The van der Waals surface area contributed by atoms with E-state index < -0.39 is 39.2 Å². The van der Waals surface area contributed by atoms with Gasteiger partial charge < -0.3 is 5.32 Å². The molecule has 0 saturated heterocycles. The number of sulfonamides is 1. The molecule has 0 bridgehead atoms. The van der Waals surface area contributed by atoms with Gasteiger partial charge in [-0.2, -0.15) is 13.2 Å². The summed E-state index contributed by atoms with van der Waals surface area (Å²) < 4.78 is 63.8. The van der Waals surface area contributed by atoms with Crippen LogP contribution in [-0.2, 0) is 21.0 Å². The highest BCUT2D eigenvalue weighted by atomic mass is 35.5. The number of rotatable bonds is 5. The third-order valence-corrected chi connectivity index (χ3v) is 5.47. The van der Waals surface area contributed by atoms with Crippen LogP contribution in [0.25, 0.3) is 0 Å². The van der Waals surface area contributed by atoms with Gasteiger partial charge >= 0.3 is 6.18 Å². The predicted molar refractivity (Wildman–Crippen MR) is 104 cm³/mol. The fourth-order valence-corrected chi connectivity index (χ4v) is 3.61. The molecule has 2 aromatic carbocycles. The molecule has 0 saturated carbocycles. The van der Waals surface area contributed by atoms with Crippen molar-refractivity contribution in [1.82, 2.24) is 0 Å². The predicted octanol–water partition coefficient (Wildman–Crippen LogP) is 5.07. The number of halogens is 6. The molecule has 12 heteroatoms. The molecule has 2 aromatic rings. The number of carbonyl (C=O) groups is 1. The van der Waals surface area contributed by atoms with Crippen molar-refractivity contribution in [2.75, 3.05) is 22.4 Å². The van der Waals surface area contributed by atoms with E-state index in [0.29, 0.717) is 10.4 Å². The van der Waals surface area contributed by atoms with E-state index >= 15 is 0 Å². The molecule has 0 aliphatic heterocycles. The van der Waals surface area contributed by atoms with E-state index in [9.17, 15) is 26.4 Å². The molecule has 0 spiro atoms. The molecule has 0 fully saturated rings. The summed E-state index contributed by atoms with van der Waals surface area (Å²) >= 11 is 17.3. The highest BCUT2D eigenvalue weighted by molar-refractivity contribution is 7.92. The molecule has 0 radical (unpaired) electrons. The molecule has 0 heterocycles. The third kappa shape index (κ3) is 5.66. The highest BCUT2D eigenvalue weighted by Crippen LogP contribution is 2.37. The molecule has 0 aliphatic carbocycles. The Morgan fingerprint density at radius 2 is 1.68 bits per heavy atom. The Morgan fingerprint density at radius 3 is 2.25 bits per heavy atom. The van der Waals surface area contributed by atoms with Crippen LogP contribution in [0.15, 0.2) is 36.4 Å². The molecule has 0 aromatic heterocycles. The maximum absolute atomic E-state index is 13.1. The first-order chi connectivity index (χ1) is 12.8. The number of amides is 1. The van der Waals surface area contributed by atoms with Gasteiger partial charge in [-0.3, -0.25) is 9.10 Å². The van der Waals surface area contributed by atoms with Crippen molar-refractivity contribution >= 4 is 62.1 Å². The standard InChI is InChI=1S/C16H12Cl3F3N2O3S/c1-28(26,27)24(10-3-5-12(18)11(7-10)16(20,21)22)8-15(25)23-14-6-9(17)2-4-13(14)19/h2-7H,8H2,1H3,(H,23,25).